The minimum absolute atomic E-state index is 0.00987. The Labute approximate surface area is 160 Å². The molecule has 0 fully saturated rings. The summed E-state index contributed by atoms with van der Waals surface area (Å²) in [5.74, 6) is 0.577. The summed E-state index contributed by atoms with van der Waals surface area (Å²) in [6.07, 6.45) is 0.462. The van der Waals surface area contributed by atoms with Crippen molar-refractivity contribution in [3.05, 3.63) is 59.7 Å². The highest BCUT2D eigenvalue weighted by molar-refractivity contribution is 7.90. The molecular formula is C20H25NO5S. The van der Waals surface area contributed by atoms with E-state index in [9.17, 15) is 18.3 Å². The number of benzene rings is 2. The number of carbonyl (C=O) groups is 1. The average molecular weight is 391 g/mol. The normalized spacial score (nSPS) is 13.8. The Balaban J connectivity index is 1.80. The summed E-state index contributed by atoms with van der Waals surface area (Å²) < 4.78 is 28.5. The molecule has 0 heterocycles. The van der Waals surface area contributed by atoms with Crippen molar-refractivity contribution in [2.75, 3.05) is 19.4 Å². The van der Waals surface area contributed by atoms with Crippen LogP contribution in [0, 0.1) is 0 Å². The zero-order valence-electron chi connectivity index (χ0n) is 15.7. The van der Waals surface area contributed by atoms with Crippen molar-refractivity contribution in [3.8, 4) is 5.75 Å². The van der Waals surface area contributed by atoms with Gasteiger partial charge in [-0.15, -0.1) is 0 Å². The van der Waals surface area contributed by atoms with Gasteiger partial charge >= 0.3 is 0 Å². The fraction of sp³-hybridized carbons (Fsp3) is 0.350. The van der Waals surface area contributed by atoms with E-state index < -0.39 is 15.9 Å². The lowest BCUT2D eigenvalue weighted by molar-refractivity contribution is 0.101. The van der Waals surface area contributed by atoms with E-state index in [2.05, 4.69) is 5.32 Å². The second kappa shape index (κ2) is 9.12. The van der Waals surface area contributed by atoms with Crippen LogP contribution in [0.5, 0.6) is 5.75 Å². The molecule has 2 N–H and O–H groups in total. The van der Waals surface area contributed by atoms with Gasteiger partial charge in [-0.1, -0.05) is 12.1 Å². The number of aliphatic hydroxyl groups is 1. The zero-order chi connectivity index (χ0) is 20.0. The summed E-state index contributed by atoms with van der Waals surface area (Å²) in [4.78, 5) is 11.5. The Kier molecular flexibility index (Phi) is 7.12. The molecule has 7 heteroatoms. The number of ketones is 1. The van der Waals surface area contributed by atoms with Crippen LogP contribution in [0.3, 0.4) is 0 Å². The molecule has 0 saturated heterocycles. The maximum atomic E-state index is 11.5. The van der Waals surface area contributed by atoms with Gasteiger partial charge in [0.05, 0.1) is 4.90 Å². The van der Waals surface area contributed by atoms with Gasteiger partial charge in [-0.3, -0.25) is 4.79 Å². The van der Waals surface area contributed by atoms with Gasteiger partial charge in [-0.05, 0) is 55.8 Å². The molecule has 27 heavy (non-hydrogen) atoms. The van der Waals surface area contributed by atoms with Gasteiger partial charge in [0, 0.05) is 24.4 Å². The lowest BCUT2D eigenvalue weighted by Crippen LogP contribution is -2.33. The number of ether oxygens (including phenoxy) is 1. The molecular weight excluding hydrogens is 366 g/mol. The fourth-order valence-electron chi connectivity index (χ4n) is 2.47. The number of rotatable bonds is 9. The fourth-order valence-corrected chi connectivity index (χ4v) is 3.10. The van der Waals surface area contributed by atoms with Gasteiger partial charge in [0.25, 0.3) is 0 Å². The van der Waals surface area contributed by atoms with E-state index in [-0.39, 0.29) is 23.3 Å². The summed E-state index contributed by atoms with van der Waals surface area (Å²) in [6.45, 7) is 3.87. The second-order valence-corrected chi connectivity index (χ2v) is 8.53. The van der Waals surface area contributed by atoms with Crippen LogP contribution in [-0.4, -0.2) is 44.8 Å². The lowest BCUT2D eigenvalue weighted by atomic mass is 10.1. The predicted octanol–water partition coefficient (Wildman–Crippen LogP) is 2.38. The molecule has 2 rings (SSSR count). The van der Waals surface area contributed by atoms with Crippen LogP contribution in [0.4, 0.5) is 0 Å². The second-order valence-electron chi connectivity index (χ2n) is 6.52. The molecule has 2 unspecified atom stereocenters. The Bertz CT molecular complexity index is 860. The highest BCUT2D eigenvalue weighted by atomic mass is 32.2. The number of Topliss-reactive ketones (excluding diaryl/α,β-unsaturated/α-hetero) is 1. The third kappa shape index (κ3) is 6.46. The van der Waals surface area contributed by atoms with E-state index in [0.29, 0.717) is 17.9 Å². The van der Waals surface area contributed by atoms with Crippen molar-refractivity contribution >= 4 is 15.6 Å². The Morgan fingerprint density at radius 3 is 2.22 bits per heavy atom. The number of nitrogens with one attached hydrogen (secondary N) is 1. The number of carbonyl (C=O) groups excluding carboxylic acids is 1. The molecule has 146 valence electrons. The van der Waals surface area contributed by atoms with Crippen molar-refractivity contribution in [1.29, 1.82) is 0 Å². The Morgan fingerprint density at radius 1 is 1.11 bits per heavy atom. The van der Waals surface area contributed by atoms with E-state index in [1.54, 1.807) is 48.5 Å². The van der Waals surface area contributed by atoms with Crippen LogP contribution in [0.15, 0.2) is 53.4 Å². The molecule has 2 aromatic rings. The number of hydrogen-bond acceptors (Lipinski definition) is 6. The van der Waals surface area contributed by atoms with Crippen LogP contribution >= 0.6 is 0 Å². The summed E-state index contributed by atoms with van der Waals surface area (Å²) >= 11 is 0. The van der Waals surface area contributed by atoms with E-state index in [4.69, 9.17) is 4.74 Å². The topological polar surface area (TPSA) is 92.7 Å². The summed E-state index contributed by atoms with van der Waals surface area (Å²) in [7, 11) is -3.21. The summed E-state index contributed by atoms with van der Waals surface area (Å²) in [6, 6.07) is 13.4. The first kappa shape index (κ1) is 21.1. The first-order chi connectivity index (χ1) is 12.7. The monoisotopic (exact) mass is 391 g/mol. The number of aliphatic hydroxyl groups excluding tert-OH is 1. The smallest absolute Gasteiger partial charge is 0.175 e. The highest BCUT2D eigenvalue weighted by Gasteiger charge is 2.12. The third-order valence-electron chi connectivity index (χ3n) is 4.17. The molecule has 2 atom stereocenters. The van der Waals surface area contributed by atoms with E-state index in [0.717, 1.165) is 5.56 Å². The molecule has 0 bridgehead atoms. The van der Waals surface area contributed by atoms with E-state index >= 15 is 0 Å². The van der Waals surface area contributed by atoms with E-state index in [1.807, 2.05) is 6.92 Å². The minimum Gasteiger partial charge on any atom is -0.491 e. The van der Waals surface area contributed by atoms with Gasteiger partial charge in [0.1, 0.15) is 18.5 Å². The summed E-state index contributed by atoms with van der Waals surface area (Å²) in [5.41, 5.74) is 1.54. The summed E-state index contributed by atoms with van der Waals surface area (Å²) in [5, 5.41) is 13.3. The highest BCUT2D eigenvalue weighted by Crippen LogP contribution is 2.16. The number of hydrogen-bond donors (Lipinski definition) is 2. The first-order valence-electron chi connectivity index (χ1n) is 8.62. The molecule has 0 saturated carbocycles. The van der Waals surface area contributed by atoms with Crippen LogP contribution in [0.2, 0.25) is 0 Å². The maximum absolute atomic E-state index is 11.5. The standard InChI is InChI=1S/C20H25NO5S/c1-14(16-6-10-20(11-7-16)27(3,24)25)21-12-18(23)13-26-19-8-4-17(5-9-19)15(2)22/h4-11,14,18,21,23H,12-13H2,1-3H3. The average Bonchev–Trinajstić information content (AvgIpc) is 2.64. The molecule has 0 aromatic heterocycles. The molecule has 0 spiro atoms. The van der Waals surface area contributed by atoms with Crippen LogP contribution in [-0.2, 0) is 9.84 Å². The van der Waals surface area contributed by atoms with Crippen molar-refractivity contribution in [1.82, 2.24) is 5.32 Å². The molecule has 2 aromatic carbocycles. The van der Waals surface area contributed by atoms with Crippen LogP contribution in [0.25, 0.3) is 0 Å². The third-order valence-corrected chi connectivity index (χ3v) is 5.30. The van der Waals surface area contributed by atoms with Crippen molar-refractivity contribution in [2.24, 2.45) is 0 Å². The lowest BCUT2D eigenvalue weighted by Gasteiger charge is -2.18. The van der Waals surface area contributed by atoms with Gasteiger partial charge in [-0.25, -0.2) is 8.42 Å². The van der Waals surface area contributed by atoms with E-state index in [1.165, 1.54) is 13.2 Å². The van der Waals surface area contributed by atoms with Gasteiger partial charge in [0.15, 0.2) is 15.6 Å². The quantitative estimate of drug-likeness (QED) is 0.638. The maximum Gasteiger partial charge on any atom is 0.175 e. The molecule has 6 nitrogen and oxygen atoms in total. The number of sulfone groups is 1. The van der Waals surface area contributed by atoms with Gasteiger partial charge in [0.2, 0.25) is 0 Å². The molecule has 0 radical (unpaired) electrons. The van der Waals surface area contributed by atoms with Crippen LogP contribution < -0.4 is 10.1 Å². The SMILES string of the molecule is CC(=O)c1ccc(OCC(O)CNC(C)c2ccc(S(C)(=O)=O)cc2)cc1. The van der Waals surface area contributed by atoms with Crippen LogP contribution in [0.1, 0.15) is 35.8 Å². The molecule has 0 aliphatic carbocycles. The van der Waals surface area contributed by atoms with Crippen molar-refractivity contribution < 1.29 is 23.1 Å². The molecule has 0 aliphatic rings. The Hall–Kier alpha value is -2.22. The van der Waals surface area contributed by atoms with Crippen molar-refractivity contribution in [2.45, 2.75) is 30.9 Å². The molecule has 0 amide bonds. The Morgan fingerprint density at radius 2 is 1.70 bits per heavy atom. The largest absolute Gasteiger partial charge is 0.491 e. The molecule has 0 aliphatic heterocycles. The predicted molar refractivity (Wildman–Crippen MR) is 104 cm³/mol. The van der Waals surface area contributed by atoms with Gasteiger partial charge < -0.3 is 15.2 Å². The zero-order valence-corrected chi connectivity index (χ0v) is 16.5. The van der Waals surface area contributed by atoms with Gasteiger partial charge in [-0.2, -0.15) is 0 Å². The minimum atomic E-state index is -3.21. The first-order valence-corrected chi connectivity index (χ1v) is 10.5. The van der Waals surface area contributed by atoms with Crippen molar-refractivity contribution in [3.63, 3.8) is 0 Å².